The summed E-state index contributed by atoms with van der Waals surface area (Å²) in [4.78, 5) is 25.4. The van der Waals surface area contributed by atoms with E-state index in [1.807, 2.05) is 67.6 Å². The summed E-state index contributed by atoms with van der Waals surface area (Å²) in [5.74, 6) is -0.847. The molecular formula is C23H25NO4. The monoisotopic (exact) mass is 379 g/mol. The number of amides is 1. The fourth-order valence-corrected chi connectivity index (χ4v) is 3.11. The van der Waals surface area contributed by atoms with E-state index in [1.54, 1.807) is 0 Å². The van der Waals surface area contributed by atoms with Crippen LogP contribution in [0.5, 0.6) is 0 Å². The normalized spacial score (nSPS) is 13.8. The van der Waals surface area contributed by atoms with Gasteiger partial charge in [-0.2, -0.15) is 0 Å². The Morgan fingerprint density at radius 2 is 1.64 bits per heavy atom. The molecule has 0 bridgehead atoms. The minimum Gasteiger partial charge on any atom is -0.486 e. The van der Waals surface area contributed by atoms with E-state index in [9.17, 15) is 9.59 Å². The van der Waals surface area contributed by atoms with Crippen LogP contribution in [0.3, 0.4) is 0 Å². The first kappa shape index (κ1) is 19.7. The molecule has 146 valence electrons. The van der Waals surface area contributed by atoms with Crippen LogP contribution in [0.2, 0.25) is 0 Å². The molecule has 1 N–H and O–H groups in total. The van der Waals surface area contributed by atoms with Crippen molar-refractivity contribution in [3.63, 3.8) is 0 Å². The van der Waals surface area contributed by atoms with Gasteiger partial charge in [0.25, 0.3) is 5.91 Å². The number of benzene rings is 2. The number of nitrogens with one attached hydrogen (secondary N) is 1. The summed E-state index contributed by atoms with van der Waals surface area (Å²) in [6, 6.07) is 19.1. The van der Waals surface area contributed by atoms with Crippen molar-refractivity contribution in [1.82, 2.24) is 5.32 Å². The summed E-state index contributed by atoms with van der Waals surface area (Å²) in [6.07, 6.45) is 1.45. The third-order valence-electron chi connectivity index (χ3n) is 4.52. The average molecular weight is 379 g/mol. The molecule has 2 aromatic carbocycles. The zero-order chi connectivity index (χ0) is 19.8. The Labute approximate surface area is 165 Å². The molecule has 1 amide bonds. The predicted octanol–water partition coefficient (Wildman–Crippen LogP) is 3.91. The smallest absolute Gasteiger partial charge is 0.375 e. The molecule has 0 aliphatic carbocycles. The number of carbonyl (C=O) groups is 2. The first-order valence-corrected chi connectivity index (χ1v) is 9.65. The first-order chi connectivity index (χ1) is 13.7. The van der Waals surface area contributed by atoms with Crippen molar-refractivity contribution in [3.05, 3.63) is 83.1 Å². The first-order valence-electron chi connectivity index (χ1n) is 9.65. The average Bonchev–Trinajstić information content (AvgIpc) is 2.76. The van der Waals surface area contributed by atoms with E-state index in [0.717, 1.165) is 17.5 Å². The van der Waals surface area contributed by atoms with E-state index in [1.165, 1.54) is 0 Å². The summed E-state index contributed by atoms with van der Waals surface area (Å²) in [5, 5.41) is 2.82. The van der Waals surface area contributed by atoms with Gasteiger partial charge in [0.15, 0.2) is 6.10 Å². The molecule has 0 radical (unpaired) electrons. The Morgan fingerprint density at radius 3 is 2.21 bits per heavy atom. The lowest BCUT2D eigenvalue weighted by atomic mass is 10.0. The summed E-state index contributed by atoms with van der Waals surface area (Å²) in [7, 11) is 0. The van der Waals surface area contributed by atoms with E-state index >= 15 is 0 Å². The van der Waals surface area contributed by atoms with Crippen molar-refractivity contribution in [2.24, 2.45) is 0 Å². The van der Waals surface area contributed by atoms with Gasteiger partial charge in [-0.15, -0.1) is 0 Å². The Balaban J connectivity index is 1.88. The molecule has 0 fully saturated rings. The van der Waals surface area contributed by atoms with Crippen LogP contribution in [0.1, 0.15) is 43.4 Å². The molecule has 28 heavy (non-hydrogen) atoms. The van der Waals surface area contributed by atoms with Gasteiger partial charge >= 0.3 is 5.97 Å². The lowest BCUT2D eigenvalue weighted by Gasteiger charge is -2.23. The van der Waals surface area contributed by atoms with Crippen LogP contribution in [0.4, 0.5) is 0 Å². The fraction of sp³-hybridized carbons (Fsp3) is 0.304. The number of hydrogen-bond donors (Lipinski definition) is 1. The molecule has 0 unspecified atom stereocenters. The Morgan fingerprint density at radius 1 is 1.04 bits per heavy atom. The van der Waals surface area contributed by atoms with Crippen LogP contribution in [0, 0.1) is 0 Å². The zero-order valence-corrected chi connectivity index (χ0v) is 16.0. The van der Waals surface area contributed by atoms with E-state index in [4.69, 9.17) is 9.47 Å². The van der Waals surface area contributed by atoms with Gasteiger partial charge in [0.2, 0.25) is 5.76 Å². The van der Waals surface area contributed by atoms with E-state index < -0.39 is 12.1 Å². The largest absolute Gasteiger partial charge is 0.486 e. The molecule has 0 spiro atoms. The minimum absolute atomic E-state index is 0.0247. The maximum absolute atomic E-state index is 13.0. The Kier molecular flexibility index (Phi) is 6.84. The maximum Gasteiger partial charge on any atom is 0.375 e. The number of rotatable bonds is 7. The third kappa shape index (κ3) is 4.80. The van der Waals surface area contributed by atoms with Gasteiger partial charge in [0.1, 0.15) is 0 Å². The maximum atomic E-state index is 13.0. The van der Waals surface area contributed by atoms with Crippen LogP contribution < -0.4 is 5.32 Å². The molecule has 1 heterocycles. The van der Waals surface area contributed by atoms with Crippen molar-refractivity contribution in [1.29, 1.82) is 0 Å². The molecule has 3 rings (SSSR count). The molecule has 1 aliphatic rings. The van der Waals surface area contributed by atoms with Crippen molar-refractivity contribution < 1.29 is 19.1 Å². The highest BCUT2D eigenvalue weighted by Crippen LogP contribution is 2.29. The number of hydrogen-bond acceptors (Lipinski definition) is 4. The van der Waals surface area contributed by atoms with Gasteiger partial charge in [0, 0.05) is 6.54 Å². The molecule has 1 aliphatic heterocycles. The molecule has 0 saturated carbocycles. The van der Waals surface area contributed by atoms with Crippen LogP contribution >= 0.6 is 0 Å². The Bertz CT molecular complexity index is 791. The SMILES string of the molecule is CCCNC(=O)C1=C(C(=O)OC(c2ccccc2)c2ccccc2)OCCC1. The molecule has 5 heteroatoms. The van der Waals surface area contributed by atoms with Gasteiger partial charge in [-0.25, -0.2) is 4.79 Å². The quantitative estimate of drug-likeness (QED) is 0.741. The van der Waals surface area contributed by atoms with Crippen molar-refractivity contribution in [2.45, 2.75) is 32.3 Å². The van der Waals surface area contributed by atoms with Crippen LogP contribution in [-0.2, 0) is 19.1 Å². The summed E-state index contributed by atoms with van der Waals surface area (Å²) >= 11 is 0. The predicted molar refractivity (Wildman–Crippen MR) is 106 cm³/mol. The van der Waals surface area contributed by atoms with Crippen LogP contribution in [0.25, 0.3) is 0 Å². The summed E-state index contributed by atoms with van der Waals surface area (Å²) in [6.45, 7) is 2.93. The highest BCUT2D eigenvalue weighted by Gasteiger charge is 2.29. The number of ether oxygens (including phenoxy) is 2. The van der Waals surface area contributed by atoms with E-state index in [-0.39, 0.29) is 11.7 Å². The highest BCUT2D eigenvalue weighted by atomic mass is 16.6. The van der Waals surface area contributed by atoms with Gasteiger partial charge in [-0.1, -0.05) is 67.6 Å². The lowest BCUT2D eigenvalue weighted by Crippen LogP contribution is -2.31. The molecule has 2 aromatic rings. The van der Waals surface area contributed by atoms with Crippen LogP contribution in [0.15, 0.2) is 72.0 Å². The minimum atomic E-state index is -0.612. The second-order valence-electron chi connectivity index (χ2n) is 6.62. The van der Waals surface area contributed by atoms with Gasteiger partial charge in [-0.3, -0.25) is 4.79 Å². The van der Waals surface area contributed by atoms with Crippen molar-refractivity contribution in [2.75, 3.05) is 13.2 Å². The molecule has 0 aromatic heterocycles. The van der Waals surface area contributed by atoms with Crippen molar-refractivity contribution in [3.8, 4) is 0 Å². The second kappa shape index (κ2) is 9.74. The van der Waals surface area contributed by atoms with E-state index in [2.05, 4.69) is 5.32 Å². The summed E-state index contributed by atoms with van der Waals surface area (Å²) in [5.41, 5.74) is 2.08. The molecular weight excluding hydrogens is 354 g/mol. The van der Waals surface area contributed by atoms with Gasteiger partial charge in [0.05, 0.1) is 12.2 Å². The topological polar surface area (TPSA) is 64.6 Å². The molecule has 5 nitrogen and oxygen atoms in total. The third-order valence-corrected chi connectivity index (χ3v) is 4.52. The lowest BCUT2D eigenvalue weighted by molar-refractivity contribution is -0.148. The molecule has 0 atom stereocenters. The van der Waals surface area contributed by atoms with Gasteiger partial charge in [-0.05, 0) is 30.4 Å². The second-order valence-corrected chi connectivity index (χ2v) is 6.62. The number of carbonyl (C=O) groups excluding carboxylic acids is 2. The fourth-order valence-electron chi connectivity index (χ4n) is 3.11. The Hall–Kier alpha value is -3.08. The van der Waals surface area contributed by atoms with Gasteiger partial charge < -0.3 is 14.8 Å². The van der Waals surface area contributed by atoms with E-state index in [0.29, 0.717) is 31.6 Å². The number of esters is 1. The van der Waals surface area contributed by atoms with Crippen LogP contribution in [-0.4, -0.2) is 25.0 Å². The molecule has 0 saturated heterocycles. The summed E-state index contributed by atoms with van der Waals surface area (Å²) < 4.78 is 11.4. The highest BCUT2D eigenvalue weighted by molar-refractivity contribution is 6.01. The zero-order valence-electron chi connectivity index (χ0n) is 16.0. The standard InChI is InChI=1S/C23H25NO4/c1-2-15-24-22(25)19-14-9-16-27-21(19)23(26)28-20(17-10-5-3-6-11-17)18-12-7-4-8-13-18/h3-8,10-13,20H,2,9,14-16H2,1H3,(H,24,25). The van der Waals surface area contributed by atoms with Crippen molar-refractivity contribution >= 4 is 11.9 Å².